The minimum Gasteiger partial charge on any atom is -0.618 e. The number of para-hydroxylation sites is 2. The number of fused-ring (bicyclic) bond motifs is 1. The summed E-state index contributed by atoms with van der Waals surface area (Å²) in [4.78, 5) is 0. The fraction of sp³-hybridized carbons (Fsp3) is 0.100. The summed E-state index contributed by atoms with van der Waals surface area (Å²) in [6.45, 7) is 1.49. The Morgan fingerprint density at radius 1 is 1.19 bits per heavy atom. The van der Waals surface area contributed by atoms with Gasteiger partial charge in [0, 0.05) is 19.1 Å². The lowest BCUT2D eigenvalue weighted by molar-refractivity contribution is -0.634. The van der Waals surface area contributed by atoms with Crippen molar-refractivity contribution < 1.29 is 14.7 Å². The summed E-state index contributed by atoms with van der Waals surface area (Å²) in [6.07, 6.45) is 0.948. The molecule has 2 rings (SSSR count). The summed E-state index contributed by atoms with van der Waals surface area (Å²) >= 11 is 0. The SMILES string of the molecule is Cc1c(/C=N/O)[n+]([O-])c2ccccc2[n+]1[O-]. The van der Waals surface area contributed by atoms with Crippen molar-refractivity contribution in [2.45, 2.75) is 6.92 Å². The molecule has 0 radical (unpaired) electrons. The van der Waals surface area contributed by atoms with Gasteiger partial charge >= 0.3 is 5.69 Å². The van der Waals surface area contributed by atoms with Gasteiger partial charge in [0.15, 0.2) is 0 Å². The lowest BCUT2D eigenvalue weighted by Crippen LogP contribution is -2.44. The minimum atomic E-state index is 0.0243. The first-order valence-corrected chi connectivity index (χ1v) is 4.58. The molecule has 6 nitrogen and oxygen atoms in total. The van der Waals surface area contributed by atoms with Crippen molar-refractivity contribution in [2.75, 3.05) is 0 Å². The van der Waals surface area contributed by atoms with Crippen LogP contribution >= 0.6 is 0 Å². The van der Waals surface area contributed by atoms with Crippen LogP contribution in [0.15, 0.2) is 29.4 Å². The normalized spacial score (nSPS) is 11.3. The van der Waals surface area contributed by atoms with E-state index in [0.717, 1.165) is 6.21 Å². The molecule has 0 bridgehead atoms. The molecule has 82 valence electrons. The highest BCUT2D eigenvalue weighted by atomic mass is 16.5. The van der Waals surface area contributed by atoms with Crippen molar-refractivity contribution in [3.63, 3.8) is 0 Å². The average molecular weight is 219 g/mol. The number of benzene rings is 1. The van der Waals surface area contributed by atoms with Crippen molar-refractivity contribution in [3.8, 4) is 0 Å². The van der Waals surface area contributed by atoms with Crippen LogP contribution < -0.4 is 9.46 Å². The highest BCUT2D eigenvalue weighted by Gasteiger charge is 2.22. The average Bonchev–Trinajstić information content (AvgIpc) is 2.32. The van der Waals surface area contributed by atoms with Crippen molar-refractivity contribution in [1.29, 1.82) is 0 Å². The molecule has 0 atom stereocenters. The van der Waals surface area contributed by atoms with Gasteiger partial charge in [0.05, 0.1) is 0 Å². The Labute approximate surface area is 90.8 Å². The van der Waals surface area contributed by atoms with Gasteiger partial charge < -0.3 is 15.6 Å². The van der Waals surface area contributed by atoms with Gasteiger partial charge in [-0.25, -0.2) is 0 Å². The van der Waals surface area contributed by atoms with Crippen LogP contribution in [-0.4, -0.2) is 11.4 Å². The predicted octanol–water partition coefficient (Wildman–Crippen LogP) is 0.223. The number of hydrogen-bond donors (Lipinski definition) is 1. The van der Waals surface area contributed by atoms with E-state index in [4.69, 9.17) is 5.21 Å². The Balaban J connectivity index is 2.94. The van der Waals surface area contributed by atoms with Crippen LogP contribution in [0.5, 0.6) is 0 Å². The fourth-order valence-electron chi connectivity index (χ4n) is 1.57. The zero-order valence-corrected chi connectivity index (χ0v) is 8.49. The molecule has 0 aliphatic rings. The molecule has 1 aromatic carbocycles. The zero-order valence-electron chi connectivity index (χ0n) is 8.49. The van der Waals surface area contributed by atoms with Gasteiger partial charge in [0.1, 0.15) is 6.21 Å². The molecule has 1 N–H and O–H groups in total. The molecule has 0 unspecified atom stereocenters. The van der Waals surface area contributed by atoms with Gasteiger partial charge in [-0.2, -0.15) is 9.46 Å². The largest absolute Gasteiger partial charge is 0.618 e. The summed E-state index contributed by atoms with van der Waals surface area (Å²) < 4.78 is 1.21. The van der Waals surface area contributed by atoms with Crippen molar-refractivity contribution in [2.24, 2.45) is 5.16 Å². The van der Waals surface area contributed by atoms with E-state index in [2.05, 4.69) is 5.16 Å². The number of aromatic nitrogens is 2. The van der Waals surface area contributed by atoms with Crippen LogP contribution in [-0.2, 0) is 0 Å². The Bertz CT molecular complexity index is 581. The van der Waals surface area contributed by atoms with Crippen molar-refractivity contribution in [3.05, 3.63) is 46.1 Å². The third-order valence-corrected chi connectivity index (χ3v) is 2.39. The third kappa shape index (κ3) is 1.31. The van der Waals surface area contributed by atoms with Crippen LogP contribution in [0.1, 0.15) is 11.4 Å². The number of hydrogen-bond acceptors (Lipinski definition) is 4. The Morgan fingerprint density at radius 2 is 1.75 bits per heavy atom. The van der Waals surface area contributed by atoms with Gasteiger partial charge in [-0.15, -0.1) is 0 Å². The Kier molecular flexibility index (Phi) is 2.32. The summed E-state index contributed by atoms with van der Waals surface area (Å²) in [5.74, 6) is 0. The first-order chi connectivity index (χ1) is 7.66. The summed E-state index contributed by atoms with van der Waals surface area (Å²) in [7, 11) is 0. The molecule has 0 amide bonds. The van der Waals surface area contributed by atoms with E-state index in [9.17, 15) is 10.4 Å². The lowest BCUT2D eigenvalue weighted by Gasteiger charge is -2.08. The van der Waals surface area contributed by atoms with Crippen molar-refractivity contribution >= 4 is 17.2 Å². The molecule has 0 aliphatic carbocycles. The molecule has 1 aromatic heterocycles. The minimum absolute atomic E-state index is 0.0243. The molecular weight excluding hydrogens is 210 g/mol. The first kappa shape index (κ1) is 10.2. The number of oxime groups is 1. The molecule has 0 spiro atoms. The molecule has 0 aliphatic heterocycles. The van der Waals surface area contributed by atoms with Crippen LogP contribution in [0.2, 0.25) is 0 Å². The van der Waals surface area contributed by atoms with Gasteiger partial charge in [-0.05, 0) is 0 Å². The standard InChI is InChI=1S/C10H9N3O3/c1-7-10(6-11-14)13(16)9-5-3-2-4-8(9)12(7)15/h2-6,14H,1H3/b11-6+. The molecule has 0 saturated carbocycles. The third-order valence-electron chi connectivity index (χ3n) is 2.39. The maximum atomic E-state index is 11.9. The molecular formula is C10H9N3O3. The van der Waals surface area contributed by atoms with Gasteiger partial charge in [-0.1, -0.05) is 17.3 Å². The quantitative estimate of drug-likeness (QED) is 0.245. The zero-order chi connectivity index (χ0) is 11.7. The Hall–Kier alpha value is -2.37. The second-order valence-corrected chi connectivity index (χ2v) is 3.29. The van der Waals surface area contributed by atoms with Crippen LogP contribution in [0.3, 0.4) is 0 Å². The van der Waals surface area contributed by atoms with Crippen molar-refractivity contribution in [1.82, 2.24) is 0 Å². The second-order valence-electron chi connectivity index (χ2n) is 3.29. The maximum absolute atomic E-state index is 11.9. The number of rotatable bonds is 1. The van der Waals surface area contributed by atoms with Crippen LogP contribution in [0.4, 0.5) is 0 Å². The van der Waals surface area contributed by atoms with Gasteiger partial charge in [0.2, 0.25) is 0 Å². The molecule has 2 aromatic rings. The van der Waals surface area contributed by atoms with E-state index in [-0.39, 0.29) is 22.4 Å². The molecule has 16 heavy (non-hydrogen) atoms. The van der Waals surface area contributed by atoms with Crippen LogP contribution in [0, 0.1) is 17.3 Å². The van der Waals surface area contributed by atoms with E-state index in [0.29, 0.717) is 9.46 Å². The molecule has 1 heterocycles. The van der Waals surface area contributed by atoms with E-state index in [1.165, 1.54) is 13.0 Å². The van der Waals surface area contributed by atoms with E-state index in [1.54, 1.807) is 18.2 Å². The van der Waals surface area contributed by atoms with E-state index < -0.39 is 0 Å². The summed E-state index contributed by atoms with van der Waals surface area (Å²) in [6, 6.07) is 6.43. The monoisotopic (exact) mass is 219 g/mol. The smallest absolute Gasteiger partial charge is 0.307 e. The lowest BCUT2D eigenvalue weighted by atomic mass is 10.2. The second kappa shape index (κ2) is 3.65. The number of nitrogens with zero attached hydrogens (tertiary/aromatic N) is 3. The van der Waals surface area contributed by atoms with Crippen LogP contribution in [0.25, 0.3) is 11.0 Å². The fourth-order valence-corrected chi connectivity index (χ4v) is 1.57. The first-order valence-electron chi connectivity index (χ1n) is 4.58. The van der Waals surface area contributed by atoms with Gasteiger partial charge in [0.25, 0.3) is 16.7 Å². The maximum Gasteiger partial charge on any atom is 0.307 e. The van der Waals surface area contributed by atoms with E-state index in [1.807, 2.05) is 0 Å². The highest BCUT2D eigenvalue weighted by Crippen LogP contribution is 2.07. The molecule has 6 heteroatoms. The summed E-state index contributed by atoms with van der Waals surface area (Å²) in [5, 5.41) is 34.9. The topological polar surface area (TPSA) is 86.5 Å². The molecule has 0 saturated heterocycles. The summed E-state index contributed by atoms with van der Waals surface area (Å²) in [5.41, 5.74) is 0.728. The predicted molar refractivity (Wildman–Crippen MR) is 56.0 cm³/mol. The van der Waals surface area contributed by atoms with E-state index >= 15 is 0 Å². The van der Waals surface area contributed by atoms with Gasteiger partial charge in [-0.3, -0.25) is 0 Å². The Morgan fingerprint density at radius 3 is 2.31 bits per heavy atom. The molecule has 0 fully saturated rings. The highest BCUT2D eigenvalue weighted by molar-refractivity contribution is 5.77.